The first-order valence-corrected chi connectivity index (χ1v) is 12.9. The van der Waals surface area contributed by atoms with E-state index in [0.29, 0.717) is 0 Å². The van der Waals surface area contributed by atoms with Crippen molar-refractivity contribution in [2.24, 2.45) is 0 Å². The smallest absolute Gasteiger partial charge is 0.331 e. The van der Waals surface area contributed by atoms with Crippen LogP contribution in [0.25, 0.3) is 6.08 Å². The maximum absolute atomic E-state index is 13.0. The van der Waals surface area contributed by atoms with Gasteiger partial charge in [0.1, 0.15) is 18.2 Å². The second kappa shape index (κ2) is 12.8. The molecule has 0 saturated carbocycles. The van der Waals surface area contributed by atoms with Crippen molar-refractivity contribution in [1.82, 2.24) is 5.32 Å². The molecule has 3 aromatic rings. The summed E-state index contributed by atoms with van der Waals surface area (Å²) in [5, 5.41) is 2.87. The van der Waals surface area contributed by atoms with Gasteiger partial charge in [0.25, 0.3) is 0 Å². The van der Waals surface area contributed by atoms with E-state index in [1.54, 1.807) is 6.08 Å². The summed E-state index contributed by atoms with van der Waals surface area (Å²) in [4.78, 5) is 25.3. The summed E-state index contributed by atoms with van der Waals surface area (Å²) in [6.45, 7) is 1.82. The van der Waals surface area contributed by atoms with Gasteiger partial charge in [-0.15, -0.1) is 0 Å². The third-order valence-corrected chi connectivity index (χ3v) is 6.50. The highest BCUT2D eigenvalue weighted by Crippen LogP contribution is 2.36. The summed E-state index contributed by atoms with van der Waals surface area (Å²) in [5.41, 5.74) is 2.61. The van der Waals surface area contributed by atoms with Crippen molar-refractivity contribution in [3.05, 3.63) is 114 Å². The van der Waals surface area contributed by atoms with Crippen molar-refractivity contribution < 1.29 is 33.3 Å². The molecule has 2 aliphatic heterocycles. The van der Waals surface area contributed by atoms with Crippen LogP contribution in [-0.2, 0) is 39.9 Å². The Bertz CT molecular complexity index is 1250. The van der Waals surface area contributed by atoms with Crippen LogP contribution >= 0.6 is 0 Å². The van der Waals surface area contributed by atoms with E-state index in [-0.39, 0.29) is 19.1 Å². The Hall–Kier alpha value is -3.82. The molecule has 1 N–H and O–H groups in total. The average Bonchev–Trinajstić information content (AvgIpc) is 2.97. The Morgan fingerprint density at radius 1 is 0.923 bits per heavy atom. The molecule has 0 aliphatic carbocycles. The van der Waals surface area contributed by atoms with Crippen LogP contribution in [0.1, 0.15) is 29.9 Å². The maximum Gasteiger partial charge on any atom is 0.331 e. The van der Waals surface area contributed by atoms with Gasteiger partial charge >= 0.3 is 5.97 Å². The third kappa shape index (κ3) is 6.99. The molecular formula is C31H31NO7. The molecule has 0 spiro atoms. The molecule has 5 rings (SSSR count). The van der Waals surface area contributed by atoms with Gasteiger partial charge in [0.2, 0.25) is 5.91 Å². The van der Waals surface area contributed by atoms with Crippen LogP contribution in [0, 0.1) is 0 Å². The van der Waals surface area contributed by atoms with E-state index in [9.17, 15) is 9.59 Å². The molecular weight excluding hydrogens is 498 g/mol. The molecule has 1 amide bonds. The van der Waals surface area contributed by atoms with E-state index >= 15 is 0 Å². The minimum atomic E-state index is -0.910. The maximum atomic E-state index is 13.0. The minimum absolute atomic E-state index is 0.191. The molecule has 0 aromatic heterocycles. The van der Waals surface area contributed by atoms with Gasteiger partial charge < -0.3 is 29.0 Å². The van der Waals surface area contributed by atoms with Gasteiger partial charge in [-0.1, -0.05) is 91.0 Å². The largest absolute Gasteiger partial charge is 0.454 e. The number of carbonyl (C=O) groups excluding carboxylic acids is 2. The number of amides is 1. The molecule has 2 heterocycles. The van der Waals surface area contributed by atoms with Crippen molar-refractivity contribution in [3.8, 4) is 0 Å². The number of benzene rings is 3. The first kappa shape index (κ1) is 26.8. The first-order valence-electron chi connectivity index (χ1n) is 12.9. The number of hydrogen-bond donors (Lipinski definition) is 1. The zero-order valence-corrected chi connectivity index (χ0v) is 21.6. The lowest BCUT2D eigenvalue weighted by molar-refractivity contribution is -0.346. The van der Waals surface area contributed by atoms with Crippen molar-refractivity contribution in [1.29, 1.82) is 0 Å². The van der Waals surface area contributed by atoms with Gasteiger partial charge in [-0.3, -0.25) is 4.79 Å². The molecule has 2 aliphatic rings. The van der Waals surface area contributed by atoms with Crippen LogP contribution in [0.15, 0.2) is 97.1 Å². The summed E-state index contributed by atoms with van der Waals surface area (Å²) in [5.74, 6) is -0.893. The van der Waals surface area contributed by atoms with Gasteiger partial charge in [0.15, 0.2) is 18.7 Å². The fraction of sp³-hybridized carbons (Fsp3) is 0.290. The molecule has 6 atom stereocenters. The molecule has 2 fully saturated rings. The average molecular weight is 530 g/mol. The lowest BCUT2D eigenvalue weighted by Crippen LogP contribution is -2.67. The van der Waals surface area contributed by atoms with Gasteiger partial charge in [-0.25, -0.2) is 4.79 Å². The van der Waals surface area contributed by atoms with Crippen LogP contribution in [0.4, 0.5) is 0 Å². The van der Waals surface area contributed by atoms with Crippen LogP contribution in [-0.4, -0.2) is 49.1 Å². The predicted molar refractivity (Wildman–Crippen MR) is 143 cm³/mol. The van der Waals surface area contributed by atoms with E-state index in [4.69, 9.17) is 23.7 Å². The molecule has 39 heavy (non-hydrogen) atoms. The second-order valence-corrected chi connectivity index (χ2v) is 9.39. The van der Waals surface area contributed by atoms with Gasteiger partial charge in [-0.05, 0) is 17.2 Å². The lowest BCUT2D eigenvalue weighted by Gasteiger charge is -2.48. The SMILES string of the molecule is CC(=O)N[C@H]1[C@H](OCc2ccccc2)O[C@H]2CO[C@@H](c3ccccc3)O[C@@H]2[C@H]1OC(=O)/C=C/c1ccccc1. The highest BCUT2D eigenvalue weighted by atomic mass is 16.8. The van der Waals surface area contributed by atoms with Gasteiger partial charge in [0.05, 0.1) is 13.2 Å². The summed E-state index contributed by atoms with van der Waals surface area (Å²) in [6, 6.07) is 27.7. The first-order chi connectivity index (χ1) is 19.1. The molecule has 0 bridgehead atoms. The summed E-state index contributed by atoms with van der Waals surface area (Å²) < 4.78 is 30.7. The zero-order valence-electron chi connectivity index (χ0n) is 21.6. The Morgan fingerprint density at radius 2 is 1.59 bits per heavy atom. The van der Waals surface area contributed by atoms with Gasteiger partial charge in [0, 0.05) is 18.6 Å². The predicted octanol–water partition coefficient (Wildman–Crippen LogP) is 4.17. The zero-order chi connectivity index (χ0) is 27.0. The van der Waals surface area contributed by atoms with Crippen molar-refractivity contribution in [2.45, 2.75) is 50.5 Å². The van der Waals surface area contributed by atoms with Crippen molar-refractivity contribution in [2.75, 3.05) is 6.61 Å². The van der Waals surface area contributed by atoms with E-state index in [1.807, 2.05) is 91.0 Å². The number of rotatable bonds is 8. The lowest BCUT2D eigenvalue weighted by atomic mass is 9.95. The highest BCUT2D eigenvalue weighted by molar-refractivity contribution is 5.87. The standard InChI is InChI=1S/C31H31NO7/c1-21(33)32-27-29(38-26(34)18-17-22-11-5-2-6-12-22)28-25(20-36-30(39-28)24-15-9-4-10-16-24)37-31(27)35-19-23-13-7-3-8-14-23/h2-18,25,27-31H,19-20H2,1H3,(H,32,33)/b18-17+/t25-,27+,28-,29-,30+,31+/m0/s1. The minimum Gasteiger partial charge on any atom is -0.454 e. The van der Waals surface area contributed by atoms with Gasteiger partial charge in [-0.2, -0.15) is 0 Å². The number of fused-ring (bicyclic) bond motifs is 1. The molecule has 2 saturated heterocycles. The van der Waals surface area contributed by atoms with Crippen molar-refractivity contribution in [3.63, 3.8) is 0 Å². The molecule has 0 radical (unpaired) electrons. The summed E-state index contributed by atoms with van der Waals surface area (Å²) in [6.07, 6.45) is -0.773. The number of esters is 1. The Balaban J connectivity index is 1.40. The number of carbonyl (C=O) groups is 2. The Labute approximate surface area is 227 Å². The van der Waals surface area contributed by atoms with E-state index in [1.165, 1.54) is 13.0 Å². The molecule has 0 unspecified atom stereocenters. The topological polar surface area (TPSA) is 92.3 Å². The van der Waals surface area contributed by atoms with E-state index < -0.39 is 42.9 Å². The number of hydrogen-bond acceptors (Lipinski definition) is 7. The normalized spacial score (nSPS) is 26.5. The molecule has 202 valence electrons. The van der Waals surface area contributed by atoms with Crippen LogP contribution in [0.3, 0.4) is 0 Å². The molecule has 8 heteroatoms. The summed E-state index contributed by atoms with van der Waals surface area (Å²) >= 11 is 0. The Kier molecular flexibility index (Phi) is 8.80. The number of ether oxygens (including phenoxy) is 5. The Morgan fingerprint density at radius 3 is 2.28 bits per heavy atom. The molecule has 3 aromatic carbocycles. The fourth-order valence-electron chi connectivity index (χ4n) is 4.68. The monoisotopic (exact) mass is 529 g/mol. The van der Waals surface area contributed by atoms with Crippen LogP contribution < -0.4 is 5.32 Å². The van der Waals surface area contributed by atoms with E-state index in [0.717, 1.165) is 16.7 Å². The third-order valence-electron chi connectivity index (χ3n) is 6.50. The van der Waals surface area contributed by atoms with Crippen LogP contribution in [0.5, 0.6) is 0 Å². The number of nitrogens with one attached hydrogen (secondary N) is 1. The second-order valence-electron chi connectivity index (χ2n) is 9.39. The summed E-state index contributed by atoms with van der Waals surface area (Å²) in [7, 11) is 0. The van der Waals surface area contributed by atoms with Crippen LogP contribution in [0.2, 0.25) is 0 Å². The van der Waals surface area contributed by atoms with Crippen molar-refractivity contribution >= 4 is 18.0 Å². The highest BCUT2D eigenvalue weighted by Gasteiger charge is 2.52. The molecule has 8 nitrogen and oxygen atoms in total. The quantitative estimate of drug-likeness (QED) is 0.346. The van der Waals surface area contributed by atoms with E-state index in [2.05, 4.69) is 5.32 Å². The fourth-order valence-corrected chi connectivity index (χ4v) is 4.68.